The number of carbonyl (C=O) groups excluding carboxylic acids is 1. The molecule has 0 saturated heterocycles. The van der Waals surface area contributed by atoms with Crippen molar-refractivity contribution in [2.24, 2.45) is 0 Å². The van der Waals surface area contributed by atoms with Gasteiger partial charge in [-0.15, -0.1) is 0 Å². The van der Waals surface area contributed by atoms with Crippen LogP contribution in [0.25, 0.3) is 0 Å². The second-order valence-electron chi connectivity index (χ2n) is 4.15. The van der Waals surface area contributed by atoms with Gasteiger partial charge in [0.2, 0.25) is 0 Å². The molecule has 0 radical (unpaired) electrons. The molecule has 1 amide bonds. The molecule has 0 saturated carbocycles. The lowest BCUT2D eigenvalue weighted by atomic mass is 10.1. The smallest absolute Gasteiger partial charge is 0.257 e. The van der Waals surface area contributed by atoms with Gasteiger partial charge in [-0.1, -0.05) is 11.6 Å². The molecule has 0 spiro atoms. The van der Waals surface area contributed by atoms with Gasteiger partial charge in [0.1, 0.15) is 5.75 Å². The Morgan fingerprint density at radius 2 is 1.85 bits per heavy atom. The molecule has 5 nitrogen and oxygen atoms in total. The van der Waals surface area contributed by atoms with Gasteiger partial charge in [0.15, 0.2) is 0 Å². The zero-order chi connectivity index (χ0) is 14.7. The minimum atomic E-state index is -0.349. The van der Waals surface area contributed by atoms with Crippen molar-refractivity contribution >= 4 is 34.6 Å². The summed E-state index contributed by atoms with van der Waals surface area (Å²) >= 11 is 6.03. The van der Waals surface area contributed by atoms with Crippen molar-refractivity contribution in [1.82, 2.24) is 0 Å². The summed E-state index contributed by atoms with van der Waals surface area (Å²) in [6.45, 7) is 0. The van der Waals surface area contributed by atoms with Gasteiger partial charge >= 0.3 is 0 Å². The number of hydrogen-bond donors (Lipinski definition) is 3. The largest absolute Gasteiger partial charge is 0.495 e. The fourth-order valence-corrected chi connectivity index (χ4v) is 1.94. The number of amides is 1. The van der Waals surface area contributed by atoms with Crippen molar-refractivity contribution in [1.29, 1.82) is 0 Å². The number of nitrogens with two attached hydrogens (primary N) is 2. The Balaban J connectivity index is 2.27. The number of anilines is 3. The lowest BCUT2D eigenvalue weighted by molar-refractivity contribution is 0.102. The van der Waals surface area contributed by atoms with E-state index in [1.54, 1.807) is 24.3 Å². The molecule has 2 aromatic rings. The van der Waals surface area contributed by atoms with E-state index in [1.165, 1.54) is 19.2 Å². The van der Waals surface area contributed by atoms with E-state index < -0.39 is 0 Å². The summed E-state index contributed by atoms with van der Waals surface area (Å²) < 4.78 is 5.08. The molecule has 6 heteroatoms. The lowest BCUT2D eigenvalue weighted by Crippen LogP contribution is -2.13. The summed E-state index contributed by atoms with van der Waals surface area (Å²) in [5.74, 6) is 0.0509. The first kappa shape index (κ1) is 14.0. The van der Waals surface area contributed by atoms with Crippen LogP contribution in [-0.4, -0.2) is 13.0 Å². The van der Waals surface area contributed by atoms with E-state index in [-0.39, 0.29) is 16.5 Å². The predicted molar refractivity (Wildman–Crippen MR) is 81.2 cm³/mol. The minimum absolute atomic E-state index is 0.260. The maximum Gasteiger partial charge on any atom is 0.257 e. The highest BCUT2D eigenvalue weighted by Crippen LogP contribution is 2.29. The SMILES string of the molecule is COc1cc(C(=O)Nc2ccc(N)cc2)c(Cl)cc1N. The Bertz CT molecular complexity index is 642. The van der Waals surface area contributed by atoms with Gasteiger partial charge < -0.3 is 21.5 Å². The van der Waals surface area contributed by atoms with Crippen LogP contribution in [0.2, 0.25) is 5.02 Å². The van der Waals surface area contributed by atoms with Gasteiger partial charge in [-0.2, -0.15) is 0 Å². The Morgan fingerprint density at radius 1 is 1.20 bits per heavy atom. The third kappa shape index (κ3) is 2.95. The second-order valence-corrected chi connectivity index (χ2v) is 4.56. The molecule has 5 N–H and O–H groups in total. The molecule has 20 heavy (non-hydrogen) atoms. The number of nitrogens with one attached hydrogen (secondary N) is 1. The first-order chi connectivity index (χ1) is 9.51. The molecular formula is C14H14ClN3O2. The van der Waals surface area contributed by atoms with Crippen molar-refractivity contribution in [2.75, 3.05) is 23.9 Å². The van der Waals surface area contributed by atoms with Gasteiger partial charge in [0, 0.05) is 11.4 Å². The number of hydrogen-bond acceptors (Lipinski definition) is 4. The number of carbonyl (C=O) groups is 1. The molecule has 0 aromatic heterocycles. The molecule has 0 unspecified atom stereocenters. The number of methoxy groups -OCH3 is 1. The number of nitrogen functional groups attached to an aromatic ring is 2. The average molecular weight is 292 g/mol. The van der Waals surface area contributed by atoms with E-state index in [0.717, 1.165) is 0 Å². The summed E-state index contributed by atoms with van der Waals surface area (Å²) in [4.78, 5) is 12.2. The van der Waals surface area contributed by atoms with E-state index in [9.17, 15) is 4.79 Å². The van der Waals surface area contributed by atoms with Gasteiger partial charge in [0.05, 0.1) is 23.4 Å². The van der Waals surface area contributed by atoms with Crippen molar-refractivity contribution in [3.05, 3.63) is 47.0 Å². The third-order valence-corrected chi connectivity index (χ3v) is 3.05. The van der Waals surface area contributed by atoms with Crippen LogP contribution in [-0.2, 0) is 0 Å². The van der Waals surface area contributed by atoms with Crippen LogP contribution in [0.5, 0.6) is 5.75 Å². The Morgan fingerprint density at radius 3 is 2.45 bits per heavy atom. The molecular weight excluding hydrogens is 278 g/mol. The highest BCUT2D eigenvalue weighted by Gasteiger charge is 2.14. The first-order valence-electron chi connectivity index (χ1n) is 5.81. The highest BCUT2D eigenvalue weighted by molar-refractivity contribution is 6.34. The number of benzene rings is 2. The fourth-order valence-electron chi connectivity index (χ4n) is 1.68. The maximum absolute atomic E-state index is 12.2. The predicted octanol–water partition coefficient (Wildman–Crippen LogP) is 2.77. The van der Waals surface area contributed by atoms with Gasteiger partial charge in [-0.3, -0.25) is 4.79 Å². The Labute approximate surface area is 121 Å². The molecule has 0 heterocycles. The molecule has 0 aliphatic heterocycles. The monoisotopic (exact) mass is 291 g/mol. The van der Waals surface area contributed by atoms with Crippen molar-refractivity contribution in [2.45, 2.75) is 0 Å². The topological polar surface area (TPSA) is 90.4 Å². The van der Waals surface area contributed by atoms with E-state index >= 15 is 0 Å². The lowest BCUT2D eigenvalue weighted by Gasteiger charge is -2.10. The number of halogens is 1. The molecule has 0 fully saturated rings. The third-order valence-electron chi connectivity index (χ3n) is 2.73. The highest BCUT2D eigenvalue weighted by atomic mass is 35.5. The molecule has 0 bridgehead atoms. The van der Waals surface area contributed by atoms with E-state index in [2.05, 4.69) is 5.32 Å². The van der Waals surface area contributed by atoms with Crippen LogP contribution in [0.1, 0.15) is 10.4 Å². The van der Waals surface area contributed by atoms with E-state index in [0.29, 0.717) is 22.8 Å². The molecule has 0 aliphatic rings. The van der Waals surface area contributed by atoms with Gasteiger partial charge in [0.25, 0.3) is 5.91 Å². The maximum atomic E-state index is 12.2. The average Bonchev–Trinajstić information content (AvgIpc) is 2.41. The second kappa shape index (κ2) is 5.71. The Kier molecular flexibility index (Phi) is 4.00. The number of ether oxygens (including phenoxy) is 1. The minimum Gasteiger partial charge on any atom is -0.495 e. The van der Waals surface area contributed by atoms with Crippen molar-refractivity contribution < 1.29 is 9.53 Å². The van der Waals surface area contributed by atoms with Crippen molar-refractivity contribution in [3.63, 3.8) is 0 Å². The number of rotatable bonds is 3. The zero-order valence-corrected chi connectivity index (χ0v) is 11.6. The summed E-state index contributed by atoms with van der Waals surface area (Å²) in [6, 6.07) is 9.79. The van der Waals surface area contributed by atoms with Gasteiger partial charge in [-0.25, -0.2) is 0 Å². The molecule has 2 rings (SSSR count). The standard InChI is InChI=1S/C14H14ClN3O2/c1-20-13-6-10(11(15)7-12(13)17)14(19)18-9-4-2-8(16)3-5-9/h2-7H,16-17H2,1H3,(H,18,19). The molecule has 0 atom stereocenters. The first-order valence-corrected chi connectivity index (χ1v) is 6.19. The normalized spacial score (nSPS) is 10.1. The fraction of sp³-hybridized carbons (Fsp3) is 0.0714. The summed E-state index contributed by atoms with van der Waals surface area (Å²) in [6.07, 6.45) is 0. The van der Waals surface area contributed by atoms with Crippen LogP contribution in [0, 0.1) is 0 Å². The molecule has 0 aliphatic carbocycles. The summed E-state index contributed by atoms with van der Waals surface area (Å²) in [5, 5.41) is 2.98. The van der Waals surface area contributed by atoms with E-state index in [1.807, 2.05) is 0 Å². The van der Waals surface area contributed by atoms with Gasteiger partial charge in [-0.05, 0) is 36.4 Å². The molecule has 2 aromatic carbocycles. The van der Waals surface area contributed by atoms with Crippen LogP contribution in [0.3, 0.4) is 0 Å². The quantitative estimate of drug-likeness (QED) is 0.758. The van der Waals surface area contributed by atoms with Crippen LogP contribution in [0.4, 0.5) is 17.1 Å². The molecule has 104 valence electrons. The van der Waals surface area contributed by atoms with Crippen LogP contribution in [0.15, 0.2) is 36.4 Å². The summed E-state index contributed by atoms with van der Waals surface area (Å²) in [7, 11) is 1.47. The zero-order valence-electron chi connectivity index (χ0n) is 10.8. The van der Waals surface area contributed by atoms with Crippen molar-refractivity contribution in [3.8, 4) is 5.75 Å². The Hall–Kier alpha value is -2.40. The van der Waals surface area contributed by atoms with Crippen LogP contribution < -0.4 is 21.5 Å². The van der Waals surface area contributed by atoms with E-state index in [4.69, 9.17) is 27.8 Å². The summed E-state index contributed by atoms with van der Waals surface area (Å²) in [5.41, 5.74) is 13.2. The van der Waals surface area contributed by atoms with Crippen LogP contribution >= 0.6 is 11.6 Å².